The van der Waals surface area contributed by atoms with Crippen LogP contribution in [0.5, 0.6) is 0 Å². The van der Waals surface area contributed by atoms with E-state index in [0.717, 1.165) is 13.0 Å². The van der Waals surface area contributed by atoms with Gasteiger partial charge < -0.3 is 4.65 Å². The van der Waals surface area contributed by atoms with Crippen LogP contribution in [0.2, 0.25) is 6.82 Å². The van der Waals surface area contributed by atoms with Crippen LogP contribution >= 0.6 is 0 Å². The minimum absolute atomic E-state index is 0.189. The zero-order valence-electron chi connectivity index (χ0n) is 10.9. The lowest BCUT2D eigenvalue weighted by molar-refractivity contribution is 0.333. The van der Waals surface area contributed by atoms with Gasteiger partial charge in [-0.1, -0.05) is 49.3 Å². The average molecular weight is 247 g/mol. The number of benzene rings is 2. The van der Waals surface area contributed by atoms with Crippen LogP contribution in [0.15, 0.2) is 42.5 Å². The molecule has 0 N–H and O–H groups in total. The summed E-state index contributed by atoms with van der Waals surface area (Å²) < 4.78 is 5.70. The topological polar surface area (TPSA) is 13.6 Å². The van der Waals surface area contributed by atoms with Crippen molar-refractivity contribution in [3.8, 4) is 0 Å². The molecule has 0 aromatic heterocycles. The molecule has 0 atom stereocenters. The van der Waals surface area contributed by atoms with Crippen molar-refractivity contribution < 1.29 is 4.65 Å². The Labute approximate surface area is 114 Å². The van der Waals surface area contributed by atoms with E-state index in [1.54, 1.807) is 0 Å². The van der Waals surface area contributed by atoms with Gasteiger partial charge in [0.1, 0.15) is 0 Å². The second-order valence-corrected chi connectivity index (χ2v) is 4.90. The van der Waals surface area contributed by atoms with Gasteiger partial charge in [0.2, 0.25) is 0 Å². The highest BCUT2D eigenvalue weighted by molar-refractivity contribution is 6.68. The molecule has 0 amide bonds. The smallest absolute Gasteiger partial charge is 0.324 e. The van der Waals surface area contributed by atoms with Crippen LogP contribution in [0, 0.1) is 6.57 Å². The Morgan fingerprint density at radius 3 is 2.74 bits per heavy atom. The quantitative estimate of drug-likeness (QED) is 0.587. The highest BCUT2D eigenvalue weighted by Crippen LogP contribution is 2.18. The number of rotatable bonds is 2. The summed E-state index contributed by atoms with van der Waals surface area (Å²) >= 11 is 0. The Morgan fingerprint density at radius 2 is 2.00 bits per heavy atom. The maximum absolute atomic E-state index is 6.97. The van der Waals surface area contributed by atoms with Crippen LogP contribution in [0.3, 0.4) is 0 Å². The molecule has 0 fully saturated rings. The predicted octanol–water partition coefficient (Wildman–Crippen LogP) is 3.19. The first-order valence-corrected chi connectivity index (χ1v) is 6.46. The second-order valence-electron chi connectivity index (χ2n) is 4.90. The molecule has 3 heteroatoms. The molecule has 19 heavy (non-hydrogen) atoms. The first-order chi connectivity index (χ1) is 9.28. The van der Waals surface area contributed by atoms with Crippen molar-refractivity contribution in [2.45, 2.75) is 19.9 Å². The van der Waals surface area contributed by atoms with Gasteiger partial charge in [0.25, 0.3) is 0 Å². The summed E-state index contributed by atoms with van der Waals surface area (Å²) in [6, 6.07) is 14.2. The Morgan fingerprint density at radius 1 is 1.21 bits per heavy atom. The van der Waals surface area contributed by atoms with E-state index in [9.17, 15) is 0 Å². The minimum Gasteiger partial charge on any atom is -0.427 e. The van der Waals surface area contributed by atoms with Crippen molar-refractivity contribution >= 4 is 18.1 Å². The number of hydrogen-bond acceptors (Lipinski definition) is 1. The Kier molecular flexibility index (Phi) is 3.11. The zero-order valence-corrected chi connectivity index (χ0v) is 10.9. The first-order valence-electron chi connectivity index (χ1n) is 6.46. The molecule has 0 saturated carbocycles. The van der Waals surface area contributed by atoms with Crippen LogP contribution in [0.1, 0.15) is 16.7 Å². The highest BCUT2D eigenvalue weighted by Gasteiger charge is 2.25. The molecule has 1 heterocycles. The van der Waals surface area contributed by atoms with Crippen LogP contribution in [0.4, 0.5) is 5.69 Å². The molecule has 0 spiro atoms. The van der Waals surface area contributed by atoms with E-state index in [1.807, 2.05) is 24.3 Å². The van der Waals surface area contributed by atoms with Crippen molar-refractivity contribution in [2.75, 3.05) is 0 Å². The van der Waals surface area contributed by atoms with E-state index in [0.29, 0.717) is 5.69 Å². The van der Waals surface area contributed by atoms with E-state index in [2.05, 4.69) is 29.9 Å². The molecule has 2 aromatic rings. The number of hydrogen-bond donors (Lipinski definition) is 0. The molecule has 1 aliphatic rings. The van der Waals surface area contributed by atoms with Crippen LogP contribution in [0.25, 0.3) is 4.85 Å². The van der Waals surface area contributed by atoms with Crippen molar-refractivity contribution in [2.24, 2.45) is 0 Å². The van der Waals surface area contributed by atoms with Gasteiger partial charge in [-0.2, -0.15) is 0 Å². The minimum atomic E-state index is 0.189. The van der Waals surface area contributed by atoms with Crippen LogP contribution < -0.4 is 5.46 Å². The van der Waals surface area contributed by atoms with Gasteiger partial charge in [-0.05, 0) is 28.6 Å². The molecule has 1 aliphatic heterocycles. The van der Waals surface area contributed by atoms with E-state index >= 15 is 0 Å². The maximum atomic E-state index is 6.97. The number of fused-ring (bicyclic) bond motifs is 1. The van der Waals surface area contributed by atoms with E-state index < -0.39 is 0 Å². The molecule has 0 bridgehead atoms. The summed E-state index contributed by atoms with van der Waals surface area (Å²) in [4.78, 5) is 3.42. The van der Waals surface area contributed by atoms with Crippen molar-refractivity contribution in [3.63, 3.8) is 0 Å². The van der Waals surface area contributed by atoms with E-state index in [1.165, 1.54) is 22.2 Å². The van der Waals surface area contributed by atoms with Crippen molar-refractivity contribution in [1.82, 2.24) is 0 Å². The molecule has 0 saturated heterocycles. The predicted molar refractivity (Wildman–Crippen MR) is 78.0 cm³/mol. The van der Waals surface area contributed by atoms with Crippen LogP contribution in [-0.2, 0) is 17.7 Å². The molecule has 2 nitrogen and oxygen atoms in total. The molecule has 2 aromatic carbocycles. The van der Waals surface area contributed by atoms with Gasteiger partial charge in [0.05, 0.1) is 13.2 Å². The molecule has 0 unspecified atom stereocenters. The molecule has 0 radical (unpaired) electrons. The fraction of sp³-hybridized carbons (Fsp3) is 0.188. The molecule has 92 valence electrons. The highest BCUT2D eigenvalue weighted by atomic mass is 16.4. The average Bonchev–Trinajstić information content (AvgIpc) is 2.83. The SMILES string of the molecule is [C-]#[N+]c1ccc(Cc2cccc3c2B(C)OC3)cc1. The van der Waals surface area contributed by atoms with Crippen molar-refractivity contribution in [3.05, 3.63) is 70.6 Å². The summed E-state index contributed by atoms with van der Waals surface area (Å²) in [6.07, 6.45) is 0.898. The van der Waals surface area contributed by atoms with Crippen LogP contribution in [-0.4, -0.2) is 6.92 Å². The summed E-state index contributed by atoms with van der Waals surface area (Å²) in [7, 11) is 0. The molecular weight excluding hydrogens is 233 g/mol. The third kappa shape index (κ3) is 2.28. The summed E-state index contributed by atoms with van der Waals surface area (Å²) in [5, 5.41) is 0. The molecule has 0 aliphatic carbocycles. The van der Waals surface area contributed by atoms with Gasteiger partial charge in [-0.3, -0.25) is 0 Å². The normalized spacial score (nSPS) is 13.2. The standard InChI is InChI=1S/C16H14BNO/c1-17-16-13(4-3-5-14(16)11-19-17)10-12-6-8-15(18-2)9-7-12/h3-9H,10-11H2,1H3. The van der Waals surface area contributed by atoms with Gasteiger partial charge in [0, 0.05) is 0 Å². The third-order valence-electron chi connectivity index (χ3n) is 3.64. The lowest BCUT2D eigenvalue weighted by Crippen LogP contribution is -2.28. The van der Waals surface area contributed by atoms with E-state index in [4.69, 9.17) is 11.2 Å². The van der Waals surface area contributed by atoms with Crippen molar-refractivity contribution in [1.29, 1.82) is 0 Å². The number of nitrogens with zero attached hydrogens (tertiary/aromatic N) is 1. The summed E-state index contributed by atoms with van der Waals surface area (Å²) in [5.74, 6) is 0. The Hall–Kier alpha value is -2.05. The Bertz CT molecular complexity index is 643. The second kappa shape index (κ2) is 4.91. The lowest BCUT2D eigenvalue weighted by Gasteiger charge is -2.09. The first kappa shape index (κ1) is 12.0. The molecular formula is C16H14BNO. The largest absolute Gasteiger partial charge is 0.427 e. The Balaban J connectivity index is 1.92. The fourth-order valence-electron chi connectivity index (χ4n) is 2.67. The maximum Gasteiger partial charge on any atom is 0.324 e. The zero-order chi connectivity index (χ0) is 13.2. The fourth-order valence-corrected chi connectivity index (χ4v) is 2.67. The van der Waals surface area contributed by atoms with E-state index in [-0.39, 0.29) is 6.92 Å². The lowest BCUT2D eigenvalue weighted by atomic mass is 9.62. The summed E-state index contributed by atoms with van der Waals surface area (Å²) in [5.41, 5.74) is 5.91. The summed E-state index contributed by atoms with van der Waals surface area (Å²) in [6.45, 7) is 9.99. The van der Waals surface area contributed by atoms with Gasteiger partial charge >= 0.3 is 6.92 Å². The monoisotopic (exact) mass is 247 g/mol. The van der Waals surface area contributed by atoms with Gasteiger partial charge in [-0.15, -0.1) is 0 Å². The van der Waals surface area contributed by atoms with Gasteiger partial charge in [-0.25, -0.2) is 4.85 Å². The third-order valence-corrected chi connectivity index (χ3v) is 3.64. The molecule has 3 rings (SSSR count). The van der Waals surface area contributed by atoms with Gasteiger partial charge in [0.15, 0.2) is 5.69 Å².